The van der Waals surface area contributed by atoms with Crippen LogP contribution >= 0.6 is 0 Å². The molecule has 0 aromatic heterocycles. The van der Waals surface area contributed by atoms with Gasteiger partial charge in [0.05, 0.1) is 12.6 Å². The third kappa shape index (κ3) is 13.0. The number of aliphatic imine (C=N–C) groups is 2. The van der Waals surface area contributed by atoms with Gasteiger partial charge in [-0.25, -0.2) is 4.79 Å². The summed E-state index contributed by atoms with van der Waals surface area (Å²) < 4.78 is 0. The van der Waals surface area contributed by atoms with E-state index >= 15 is 0 Å². The molecule has 0 heterocycles. The van der Waals surface area contributed by atoms with Crippen LogP contribution in [0.4, 0.5) is 0 Å². The number of nitrogens with zero attached hydrogens (tertiary/aromatic N) is 2. The minimum Gasteiger partial charge on any atom is -0.480 e. The number of amides is 3. The molecule has 0 aliphatic carbocycles. The highest BCUT2D eigenvalue weighted by atomic mass is 16.4. The summed E-state index contributed by atoms with van der Waals surface area (Å²) in [6.07, 6.45) is 1.13. The summed E-state index contributed by atoms with van der Waals surface area (Å²) in [6, 6.07) is -4.71. The summed E-state index contributed by atoms with van der Waals surface area (Å²) in [7, 11) is 0. The first-order valence-electron chi connectivity index (χ1n) is 10.5. The van der Waals surface area contributed by atoms with Crippen LogP contribution in [0.1, 0.15) is 32.6 Å². The number of nitrogens with one attached hydrogen (secondary N) is 3. The van der Waals surface area contributed by atoms with Crippen molar-refractivity contribution in [1.82, 2.24) is 16.0 Å². The average molecular weight is 489 g/mol. The smallest absolute Gasteiger partial charge is 0.328 e. The molecule has 0 radical (unpaired) electrons. The zero-order chi connectivity index (χ0) is 26.3. The highest BCUT2D eigenvalue weighted by molar-refractivity contribution is 5.93. The van der Waals surface area contributed by atoms with Gasteiger partial charge in [0.1, 0.15) is 18.1 Å². The lowest BCUT2D eigenvalue weighted by Crippen LogP contribution is -2.56. The molecule has 194 valence electrons. The summed E-state index contributed by atoms with van der Waals surface area (Å²) in [6.45, 7) is 0.965. The molecule has 16 heteroatoms. The Labute approximate surface area is 196 Å². The molecule has 0 saturated carbocycles. The molecule has 0 saturated heterocycles. The number of carbonyl (C=O) groups excluding carboxylic acids is 3. The van der Waals surface area contributed by atoms with E-state index in [4.69, 9.17) is 38.9 Å². The lowest BCUT2D eigenvalue weighted by atomic mass is 10.1. The molecule has 3 amide bonds. The number of aliphatic hydroxyl groups excluding tert-OH is 1. The first-order chi connectivity index (χ1) is 15.9. The van der Waals surface area contributed by atoms with Gasteiger partial charge in [0.15, 0.2) is 11.9 Å². The lowest BCUT2D eigenvalue weighted by Gasteiger charge is -2.23. The van der Waals surface area contributed by atoms with Gasteiger partial charge in [-0.15, -0.1) is 0 Å². The van der Waals surface area contributed by atoms with Crippen LogP contribution in [0.25, 0.3) is 0 Å². The standard InChI is InChI=1S/C18H36N10O6/c1-9(13(30)28-12(8-29)16(33)34)26-15(32)11(5-3-7-25-18(22)23)27-14(31)10(19)4-2-6-24-17(20)21/h9-12,29H,2-8,19H2,1H3,(H,26,32)(H,27,31)(H,28,30)(H,33,34)(H4,20,21,24)(H4,22,23,25). The van der Waals surface area contributed by atoms with Crippen LogP contribution in [0.2, 0.25) is 0 Å². The van der Waals surface area contributed by atoms with Crippen molar-refractivity contribution in [3.63, 3.8) is 0 Å². The molecule has 0 aliphatic heterocycles. The summed E-state index contributed by atoms with van der Waals surface area (Å²) in [5.74, 6) is -3.79. The predicted octanol–water partition coefficient (Wildman–Crippen LogP) is -5.03. The maximum Gasteiger partial charge on any atom is 0.328 e. The fraction of sp³-hybridized carbons (Fsp3) is 0.667. The molecular weight excluding hydrogens is 452 g/mol. The van der Waals surface area contributed by atoms with E-state index in [-0.39, 0.29) is 37.9 Å². The molecule has 0 bridgehead atoms. The molecule has 15 N–H and O–H groups in total. The molecule has 0 aliphatic rings. The number of rotatable bonds is 16. The highest BCUT2D eigenvalue weighted by Crippen LogP contribution is 2.03. The SMILES string of the molecule is CC(NC(=O)C(CCCN=C(N)N)NC(=O)C(N)CCCN=C(N)N)C(=O)NC(CO)C(=O)O. The van der Waals surface area contributed by atoms with E-state index in [0.717, 1.165) is 0 Å². The average Bonchev–Trinajstić information content (AvgIpc) is 2.75. The Balaban J connectivity index is 5.10. The van der Waals surface area contributed by atoms with Gasteiger partial charge in [0, 0.05) is 13.1 Å². The largest absolute Gasteiger partial charge is 0.480 e. The molecule has 0 spiro atoms. The lowest BCUT2D eigenvalue weighted by molar-refractivity contribution is -0.143. The molecule has 0 rings (SSSR count). The number of aliphatic carboxylic acids is 1. The molecule has 0 aromatic rings. The second kappa shape index (κ2) is 16.0. The summed E-state index contributed by atoms with van der Waals surface area (Å²) in [5, 5.41) is 25.0. The van der Waals surface area contributed by atoms with Crippen LogP contribution in [-0.2, 0) is 19.2 Å². The fourth-order valence-electron chi connectivity index (χ4n) is 2.56. The molecule has 0 fully saturated rings. The van der Waals surface area contributed by atoms with Gasteiger partial charge in [-0.1, -0.05) is 0 Å². The minimum absolute atomic E-state index is 0.0812. The maximum absolute atomic E-state index is 12.7. The van der Waals surface area contributed by atoms with Crippen LogP contribution in [0, 0.1) is 0 Å². The Bertz CT molecular complexity index is 752. The quantitative estimate of drug-likeness (QED) is 0.0556. The predicted molar refractivity (Wildman–Crippen MR) is 124 cm³/mol. The molecule has 4 unspecified atom stereocenters. The van der Waals surface area contributed by atoms with E-state index < -0.39 is 54.5 Å². The third-order valence-electron chi connectivity index (χ3n) is 4.43. The second-order valence-corrected chi connectivity index (χ2v) is 7.38. The highest BCUT2D eigenvalue weighted by Gasteiger charge is 2.27. The number of carboxylic acid groups (broad SMARTS) is 1. The van der Waals surface area contributed by atoms with Crippen molar-refractivity contribution in [2.45, 2.75) is 56.8 Å². The van der Waals surface area contributed by atoms with Crippen LogP contribution in [-0.4, -0.2) is 89.7 Å². The minimum atomic E-state index is -1.53. The monoisotopic (exact) mass is 488 g/mol. The van der Waals surface area contributed by atoms with E-state index in [1.807, 2.05) is 0 Å². The zero-order valence-corrected chi connectivity index (χ0v) is 19.1. The fourth-order valence-corrected chi connectivity index (χ4v) is 2.56. The first-order valence-corrected chi connectivity index (χ1v) is 10.5. The van der Waals surface area contributed by atoms with E-state index in [1.165, 1.54) is 6.92 Å². The first kappa shape index (κ1) is 30.3. The van der Waals surface area contributed by atoms with Crippen molar-refractivity contribution >= 4 is 35.6 Å². The number of hydrogen-bond acceptors (Lipinski definition) is 8. The number of hydrogen-bond donors (Lipinski definition) is 10. The Hall–Kier alpha value is -3.66. The maximum atomic E-state index is 12.7. The van der Waals surface area contributed by atoms with Crippen LogP contribution in [0.3, 0.4) is 0 Å². The van der Waals surface area contributed by atoms with Gasteiger partial charge < -0.3 is 54.8 Å². The Kier molecular flexibility index (Phi) is 14.3. The van der Waals surface area contributed by atoms with Crippen LogP contribution in [0.15, 0.2) is 9.98 Å². The Morgan fingerprint density at radius 2 is 1.29 bits per heavy atom. The summed E-state index contributed by atoms with van der Waals surface area (Å²) in [5.41, 5.74) is 26.9. The number of aliphatic hydroxyl groups is 1. The summed E-state index contributed by atoms with van der Waals surface area (Å²) in [4.78, 5) is 55.9. The molecule has 34 heavy (non-hydrogen) atoms. The van der Waals surface area contributed by atoms with E-state index in [9.17, 15) is 19.2 Å². The van der Waals surface area contributed by atoms with Gasteiger partial charge in [-0.2, -0.15) is 0 Å². The van der Waals surface area contributed by atoms with Crippen molar-refractivity contribution < 1.29 is 29.4 Å². The van der Waals surface area contributed by atoms with Gasteiger partial charge in [0.2, 0.25) is 17.7 Å². The van der Waals surface area contributed by atoms with E-state index in [2.05, 4.69) is 25.9 Å². The van der Waals surface area contributed by atoms with Crippen molar-refractivity contribution in [1.29, 1.82) is 0 Å². The van der Waals surface area contributed by atoms with Crippen LogP contribution in [0.5, 0.6) is 0 Å². The topological polar surface area (TPSA) is 300 Å². The molecule has 4 atom stereocenters. The van der Waals surface area contributed by atoms with Crippen molar-refractivity contribution in [3.05, 3.63) is 0 Å². The molecular formula is C18H36N10O6. The van der Waals surface area contributed by atoms with Crippen molar-refractivity contribution in [3.8, 4) is 0 Å². The zero-order valence-electron chi connectivity index (χ0n) is 19.1. The van der Waals surface area contributed by atoms with Crippen LogP contribution < -0.4 is 44.6 Å². The number of carboxylic acids is 1. The number of carbonyl (C=O) groups is 4. The number of guanidine groups is 2. The van der Waals surface area contributed by atoms with Gasteiger partial charge in [-0.05, 0) is 32.6 Å². The normalized spacial score (nSPS) is 14.0. The van der Waals surface area contributed by atoms with Gasteiger partial charge >= 0.3 is 5.97 Å². The van der Waals surface area contributed by atoms with E-state index in [1.54, 1.807) is 0 Å². The molecule has 16 nitrogen and oxygen atoms in total. The van der Waals surface area contributed by atoms with E-state index in [0.29, 0.717) is 12.8 Å². The van der Waals surface area contributed by atoms with Gasteiger partial charge in [0.25, 0.3) is 0 Å². The Morgan fingerprint density at radius 3 is 1.76 bits per heavy atom. The van der Waals surface area contributed by atoms with Crippen molar-refractivity contribution in [2.75, 3.05) is 19.7 Å². The Morgan fingerprint density at radius 1 is 0.794 bits per heavy atom. The van der Waals surface area contributed by atoms with Crippen molar-refractivity contribution in [2.24, 2.45) is 38.7 Å². The van der Waals surface area contributed by atoms with Gasteiger partial charge in [-0.3, -0.25) is 24.4 Å². The third-order valence-corrected chi connectivity index (χ3v) is 4.43. The summed E-state index contributed by atoms with van der Waals surface area (Å²) >= 11 is 0. The molecule has 0 aromatic carbocycles. The number of nitrogens with two attached hydrogens (primary N) is 5. The second-order valence-electron chi connectivity index (χ2n) is 7.38.